The summed E-state index contributed by atoms with van der Waals surface area (Å²) < 4.78 is 5.84. The summed E-state index contributed by atoms with van der Waals surface area (Å²) in [6.45, 7) is 7.74. The Balaban J connectivity index is 1.37. The molecular weight excluding hydrogens is 376 g/mol. The lowest BCUT2D eigenvalue weighted by molar-refractivity contribution is 0.0806. The third kappa shape index (κ3) is 4.49. The molecule has 3 aromatic rings. The maximum absolute atomic E-state index is 12.6. The van der Waals surface area contributed by atoms with Gasteiger partial charge in [0.15, 0.2) is 0 Å². The van der Waals surface area contributed by atoms with Crippen molar-refractivity contribution in [1.29, 1.82) is 0 Å². The highest BCUT2D eigenvalue weighted by Crippen LogP contribution is 2.25. The highest BCUT2D eigenvalue weighted by Gasteiger charge is 2.20. The Labute approximate surface area is 176 Å². The van der Waals surface area contributed by atoms with Gasteiger partial charge >= 0.3 is 0 Å². The van der Waals surface area contributed by atoms with Crippen LogP contribution in [0.3, 0.4) is 0 Å². The van der Waals surface area contributed by atoms with E-state index in [9.17, 15) is 4.79 Å². The lowest BCUT2D eigenvalue weighted by Gasteiger charge is -2.26. The molecule has 4 rings (SSSR count). The van der Waals surface area contributed by atoms with Crippen molar-refractivity contribution in [3.63, 3.8) is 0 Å². The number of carbonyl (C=O) groups is 1. The van der Waals surface area contributed by atoms with Gasteiger partial charge in [0.05, 0.1) is 0 Å². The van der Waals surface area contributed by atoms with Gasteiger partial charge in [-0.15, -0.1) is 10.2 Å². The predicted molar refractivity (Wildman–Crippen MR) is 117 cm³/mol. The molecule has 1 aliphatic heterocycles. The minimum absolute atomic E-state index is 0.0677. The van der Waals surface area contributed by atoms with Gasteiger partial charge < -0.3 is 4.42 Å². The molecule has 2 aromatic carbocycles. The van der Waals surface area contributed by atoms with E-state index in [-0.39, 0.29) is 11.3 Å². The van der Waals surface area contributed by atoms with Crippen LogP contribution in [0, 0.1) is 0 Å². The zero-order valence-corrected chi connectivity index (χ0v) is 17.6. The molecule has 1 amide bonds. The van der Waals surface area contributed by atoms with Crippen LogP contribution in [0.2, 0.25) is 0 Å². The Morgan fingerprint density at radius 3 is 2.33 bits per heavy atom. The molecule has 1 aliphatic rings. The van der Waals surface area contributed by atoms with Gasteiger partial charge in [-0.05, 0) is 41.7 Å². The average Bonchev–Trinajstić information content (AvgIpc) is 3.25. The number of nitrogens with one attached hydrogen (secondary N) is 1. The minimum Gasteiger partial charge on any atom is -0.416 e. The van der Waals surface area contributed by atoms with Crippen LogP contribution in [0.25, 0.3) is 17.0 Å². The van der Waals surface area contributed by atoms with Crippen molar-refractivity contribution < 1.29 is 9.21 Å². The molecule has 1 N–H and O–H groups in total. The van der Waals surface area contributed by atoms with Crippen LogP contribution in [-0.2, 0) is 5.41 Å². The van der Waals surface area contributed by atoms with Gasteiger partial charge in [0.2, 0.25) is 11.8 Å². The molecule has 0 saturated carbocycles. The third-order valence-electron chi connectivity index (χ3n) is 5.20. The monoisotopic (exact) mass is 402 g/mol. The summed E-state index contributed by atoms with van der Waals surface area (Å²) in [6, 6.07) is 17.5. The minimum atomic E-state index is -0.100. The Bertz CT molecular complexity index is 1050. The molecule has 6 nitrogen and oxygen atoms in total. The summed E-state index contributed by atoms with van der Waals surface area (Å²) in [6.07, 6.45) is 2.74. The molecule has 0 bridgehead atoms. The smallest absolute Gasteiger partial charge is 0.265 e. The maximum Gasteiger partial charge on any atom is 0.265 e. The second-order valence-corrected chi connectivity index (χ2v) is 8.47. The van der Waals surface area contributed by atoms with Gasteiger partial charge in [-0.2, -0.15) is 0 Å². The summed E-state index contributed by atoms with van der Waals surface area (Å²) in [4.78, 5) is 12.6. The largest absolute Gasteiger partial charge is 0.416 e. The molecule has 0 aliphatic carbocycles. The van der Waals surface area contributed by atoms with Crippen LogP contribution >= 0.6 is 0 Å². The Hall–Kier alpha value is -3.25. The highest BCUT2D eigenvalue weighted by molar-refractivity contribution is 5.93. The molecule has 0 saturated heterocycles. The fourth-order valence-corrected chi connectivity index (χ4v) is 3.35. The van der Waals surface area contributed by atoms with Crippen molar-refractivity contribution in [3.05, 3.63) is 77.7 Å². The molecule has 30 heavy (non-hydrogen) atoms. The quantitative estimate of drug-likeness (QED) is 0.697. The topological polar surface area (TPSA) is 71.3 Å². The first kappa shape index (κ1) is 20.0. The lowest BCUT2D eigenvalue weighted by Crippen LogP contribution is -2.44. The van der Waals surface area contributed by atoms with E-state index in [0.717, 1.165) is 17.6 Å². The van der Waals surface area contributed by atoms with E-state index >= 15 is 0 Å². The molecule has 0 spiro atoms. The van der Waals surface area contributed by atoms with Gasteiger partial charge in [-0.25, -0.2) is 5.01 Å². The van der Waals surface area contributed by atoms with Crippen molar-refractivity contribution in [3.8, 4) is 11.5 Å². The van der Waals surface area contributed by atoms with Crippen molar-refractivity contribution in [2.45, 2.75) is 32.6 Å². The predicted octanol–water partition coefficient (Wildman–Crippen LogP) is 4.47. The summed E-state index contributed by atoms with van der Waals surface area (Å²) in [5.41, 5.74) is 6.82. The van der Waals surface area contributed by atoms with Gasteiger partial charge in [-0.1, -0.05) is 57.2 Å². The fourth-order valence-electron chi connectivity index (χ4n) is 3.35. The number of hydrogen-bond donors (Lipinski definition) is 1. The molecule has 0 atom stereocenters. The maximum atomic E-state index is 12.6. The van der Waals surface area contributed by atoms with Gasteiger partial charge in [0, 0.05) is 29.8 Å². The number of aromatic nitrogens is 2. The SMILES string of the molecule is CC(C)(C)c1ccc(C(=O)NN2CC=C(c3nnc(-c4ccccc4)o3)CC2)cc1. The molecular formula is C24H26N4O2. The van der Waals surface area contributed by atoms with Crippen molar-refractivity contribution in [2.24, 2.45) is 0 Å². The summed E-state index contributed by atoms with van der Waals surface area (Å²) in [5, 5.41) is 10.2. The average molecular weight is 402 g/mol. The first-order chi connectivity index (χ1) is 14.4. The summed E-state index contributed by atoms with van der Waals surface area (Å²) in [7, 11) is 0. The van der Waals surface area contributed by atoms with Crippen LogP contribution in [0.1, 0.15) is 49.0 Å². The lowest BCUT2D eigenvalue weighted by atomic mass is 9.87. The van der Waals surface area contributed by atoms with E-state index < -0.39 is 0 Å². The van der Waals surface area contributed by atoms with E-state index in [1.165, 1.54) is 5.56 Å². The van der Waals surface area contributed by atoms with E-state index in [2.05, 4.69) is 36.4 Å². The van der Waals surface area contributed by atoms with Crippen LogP contribution in [-0.4, -0.2) is 34.2 Å². The third-order valence-corrected chi connectivity index (χ3v) is 5.20. The number of benzene rings is 2. The van der Waals surface area contributed by atoms with Crippen LogP contribution < -0.4 is 5.43 Å². The first-order valence-electron chi connectivity index (χ1n) is 10.1. The molecule has 0 unspecified atom stereocenters. The number of carbonyl (C=O) groups excluding carboxylic acids is 1. The van der Waals surface area contributed by atoms with Crippen molar-refractivity contribution in [1.82, 2.24) is 20.6 Å². The summed E-state index contributed by atoms with van der Waals surface area (Å²) in [5.74, 6) is 0.954. The Morgan fingerprint density at radius 2 is 1.70 bits per heavy atom. The number of rotatable bonds is 4. The highest BCUT2D eigenvalue weighted by atomic mass is 16.4. The van der Waals surface area contributed by atoms with Gasteiger partial charge in [0.25, 0.3) is 5.91 Å². The number of hydrogen-bond acceptors (Lipinski definition) is 5. The van der Waals surface area contributed by atoms with Gasteiger partial charge in [0.1, 0.15) is 0 Å². The van der Waals surface area contributed by atoms with Crippen LogP contribution in [0.4, 0.5) is 0 Å². The molecule has 6 heteroatoms. The molecule has 0 radical (unpaired) electrons. The standard InChI is InChI=1S/C24H26N4O2/c1-24(2,3)20-11-9-17(10-12-20)21(29)27-28-15-13-19(14-16-28)23-26-25-22(30-23)18-7-5-4-6-8-18/h4-13H,14-16H2,1-3H3,(H,27,29). The number of hydrazine groups is 1. The first-order valence-corrected chi connectivity index (χ1v) is 10.1. The van der Waals surface area contributed by atoms with E-state index in [1.54, 1.807) is 0 Å². The second kappa shape index (κ2) is 8.24. The zero-order chi connectivity index (χ0) is 21.1. The number of nitrogens with zero attached hydrogens (tertiary/aromatic N) is 3. The molecule has 154 valence electrons. The molecule has 1 aromatic heterocycles. The molecule has 0 fully saturated rings. The fraction of sp³-hybridized carbons (Fsp3) is 0.292. The van der Waals surface area contributed by atoms with Crippen LogP contribution in [0.15, 0.2) is 65.1 Å². The van der Waals surface area contributed by atoms with Crippen molar-refractivity contribution in [2.75, 3.05) is 13.1 Å². The van der Waals surface area contributed by atoms with Gasteiger partial charge in [-0.3, -0.25) is 10.2 Å². The number of amides is 1. The second-order valence-electron chi connectivity index (χ2n) is 8.47. The van der Waals surface area contributed by atoms with Crippen LogP contribution in [0.5, 0.6) is 0 Å². The van der Waals surface area contributed by atoms with E-state index in [4.69, 9.17) is 4.42 Å². The van der Waals surface area contributed by atoms with Crippen molar-refractivity contribution >= 4 is 11.5 Å². The van der Waals surface area contributed by atoms with E-state index in [1.807, 2.05) is 65.7 Å². The zero-order valence-electron chi connectivity index (χ0n) is 17.6. The normalized spacial score (nSPS) is 15.0. The Morgan fingerprint density at radius 1 is 1.00 bits per heavy atom. The summed E-state index contributed by atoms with van der Waals surface area (Å²) >= 11 is 0. The van der Waals surface area contributed by atoms with E-state index in [0.29, 0.717) is 30.4 Å². The molecule has 2 heterocycles. The Kier molecular flexibility index (Phi) is 5.50.